The summed E-state index contributed by atoms with van der Waals surface area (Å²) in [6.07, 6.45) is 0. The third-order valence-corrected chi connectivity index (χ3v) is 30.1. The van der Waals surface area contributed by atoms with E-state index in [1.54, 1.807) is 0 Å². The van der Waals surface area contributed by atoms with Gasteiger partial charge in [-0.1, -0.05) is 548 Å². The fraction of sp³-hybridized carbons (Fsp3) is 0.0207. The van der Waals surface area contributed by atoms with Gasteiger partial charge in [-0.05, 0) is 299 Å². The number of hydrogen-bond donors (Lipinski definition) is 0. The molecule has 0 heterocycles. The Morgan fingerprint density at radius 3 is 0.738 bits per heavy atom. The van der Waals surface area contributed by atoms with E-state index in [9.17, 15) is 0 Å². The zero-order valence-corrected chi connectivity index (χ0v) is 80.2. The van der Waals surface area contributed by atoms with Gasteiger partial charge in [-0.2, -0.15) is 0 Å². The zero-order chi connectivity index (χ0) is 101. The van der Waals surface area contributed by atoms with Crippen LogP contribution in [0.2, 0.25) is 0 Å². The van der Waals surface area contributed by atoms with Crippen molar-refractivity contribution >= 4 is 108 Å². The van der Waals surface area contributed by atoms with Crippen LogP contribution in [0.3, 0.4) is 0 Å². The van der Waals surface area contributed by atoms with E-state index in [-0.39, 0.29) is 35.1 Å². The van der Waals surface area contributed by atoms with Gasteiger partial charge in [-0.3, -0.25) is 0 Å². The minimum atomic E-state index is -0.395. The average molecular weight is 1850 g/mol. The van der Waals surface area contributed by atoms with E-state index >= 15 is 0 Å². The third kappa shape index (κ3) is 15.5. The van der Waals surface area contributed by atoms with Crippen molar-refractivity contribution < 1.29 is 6.85 Å². The van der Waals surface area contributed by atoms with Crippen LogP contribution >= 0.6 is 0 Å². The van der Waals surface area contributed by atoms with Crippen molar-refractivity contribution in [1.29, 1.82) is 0 Å². The van der Waals surface area contributed by atoms with Gasteiger partial charge >= 0.3 is 0 Å². The molecule has 0 saturated heterocycles. The van der Waals surface area contributed by atoms with Crippen LogP contribution < -0.4 is 0 Å². The van der Waals surface area contributed by atoms with E-state index in [4.69, 9.17) is 6.85 Å². The van der Waals surface area contributed by atoms with Gasteiger partial charge in [0.15, 0.2) is 0 Å². The molecule has 0 fully saturated rings. The number of fused-ring (bicyclic) bond motifs is 13. The highest BCUT2D eigenvalue weighted by Crippen LogP contribution is 2.56. The van der Waals surface area contributed by atoms with Crippen LogP contribution in [0.5, 0.6) is 0 Å². The summed E-state index contributed by atoms with van der Waals surface area (Å²) >= 11 is 0. The molecule has 0 nitrogen and oxygen atoms in total. The maximum absolute atomic E-state index is 8.73. The lowest BCUT2D eigenvalue weighted by atomic mass is 9.80. The van der Waals surface area contributed by atoms with Gasteiger partial charge in [-0.25, -0.2) is 0 Å². The van der Waals surface area contributed by atoms with Gasteiger partial charge in [0.1, 0.15) is 0 Å². The highest BCUT2D eigenvalue weighted by Gasteiger charge is 2.36. The van der Waals surface area contributed by atoms with Gasteiger partial charge in [0.25, 0.3) is 0 Å². The molecule has 0 aromatic heterocycles. The highest BCUT2D eigenvalue weighted by molar-refractivity contribution is 6.29. The first-order chi connectivity index (χ1) is 73.8. The monoisotopic (exact) mass is 1840 g/mol. The normalized spacial score (nSPS) is 12.5. The van der Waals surface area contributed by atoms with E-state index in [2.05, 4.69) is 499 Å². The molecule has 0 atom stereocenters. The molecule has 0 unspecified atom stereocenters. The van der Waals surface area contributed by atoms with E-state index in [1.807, 2.05) is 42.5 Å². The number of benzene rings is 27. The van der Waals surface area contributed by atoms with Gasteiger partial charge in [-0.15, -0.1) is 0 Å². The van der Waals surface area contributed by atoms with Crippen molar-refractivity contribution in [2.75, 3.05) is 0 Å². The minimum absolute atomic E-state index is 0.0663. The van der Waals surface area contributed by atoms with Crippen molar-refractivity contribution in [3.8, 4) is 156 Å². The summed E-state index contributed by atoms with van der Waals surface area (Å²) in [5, 5.41) is 24.1. The summed E-state index contributed by atoms with van der Waals surface area (Å²) in [6.45, 7) is 4.74. The lowest BCUT2D eigenvalue weighted by Gasteiger charge is -2.23. The second-order valence-corrected chi connectivity index (χ2v) is 38.6. The Labute approximate surface area is 852 Å². The van der Waals surface area contributed by atoms with E-state index in [0.717, 1.165) is 65.7 Å². The smallest absolute Gasteiger partial charge is 0.0622 e. The van der Waals surface area contributed by atoms with E-state index < -0.39 is 6.04 Å². The standard InChI is InChI=1S/C56H36.C47H34.C42H28/c1-3-16-37(17-4-1)38-30-32-41(33-31-38)54-49-27-13-14-28-50(49)56(44-29-15-21-39-18-7-8-22-43(39)44)52-36-42(34-35-51(52)54)55-47-25-11-9-23-45(47)53(40-19-5-2-6-20-40)46-24-10-12-26-48(46)55;1-47(2)43-20-12-11-17-37(43)38-27-26-36(30-44(38)47)46-40-19-10-9-18-39(40)45(34-23-21-33(22-24-34)31-13-5-3-6-14-31)41-28-25-35(29-42(41)46)32-15-7-4-8-16-32;1-3-12-29(13-4-1)31-22-24-33(25-23-31)41-37-19-9-10-20-38(37)42(36-21-11-17-32-16-7-8-18-35(32)36)40-28-34(26-27-39(40)41)30-14-5-2-6-15-30/h1-36H;3-30H,1-2H3;1-28H/i;;2D,5D,6D,14D,15D. The first-order valence-electron chi connectivity index (χ1n) is 52.6. The summed E-state index contributed by atoms with van der Waals surface area (Å²) in [5.41, 5.74) is 35.2. The van der Waals surface area contributed by atoms with Crippen molar-refractivity contribution in [2.45, 2.75) is 19.3 Å². The highest BCUT2D eigenvalue weighted by atomic mass is 14.4. The molecule has 0 amide bonds. The van der Waals surface area contributed by atoms with Crippen molar-refractivity contribution in [2.24, 2.45) is 0 Å². The molecule has 1 aliphatic carbocycles. The number of rotatable bonds is 13. The summed E-state index contributed by atoms with van der Waals surface area (Å²) in [5.74, 6) is 0. The number of hydrogen-bond acceptors (Lipinski definition) is 0. The summed E-state index contributed by atoms with van der Waals surface area (Å²) in [4.78, 5) is 0. The Morgan fingerprint density at radius 1 is 0.131 bits per heavy atom. The van der Waals surface area contributed by atoms with Crippen molar-refractivity contribution in [3.63, 3.8) is 0 Å². The van der Waals surface area contributed by atoms with Crippen LogP contribution in [0.15, 0.2) is 558 Å². The fourth-order valence-electron chi connectivity index (χ4n) is 23.4. The minimum Gasteiger partial charge on any atom is -0.0622 e. The zero-order valence-electron chi connectivity index (χ0n) is 85.2. The first kappa shape index (κ1) is 81.4. The molecule has 28 rings (SSSR count). The predicted molar refractivity (Wildman–Crippen MR) is 623 cm³/mol. The quantitative estimate of drug-likeness (QED) is 0.101. The van der Waals surface area contributed by atoms with Gasteiger partial charge in [0.05, 0.1) is 6.85 Å². The molecule has 1 aliphatic rings. The molecule has 0 heteroatoms. The Balaban J connectivity index is 0.000000114. The second-order valence-electron chi connectivity index (χ2n) is 38.6. The van der Waals surface area contributed by atoms with Crippen molar-refractivity contribution in [1.82, 2.24) is 0 Å². The van der Waals surface area contributed by atoms with Crippen LogP contribution in [0.1, 0.15) is 31.8 Å². The predicted octanol–water partition coefficient (Wildman–Crippen LogP) is 40.6. The molecular formula is C145H98. The molecule has 678 valence electrons. The van der Waals surface area contributed by atoms with Gasteiger partial charge in [0.2, 0.25) is 0 Å². The molecule has 0 radical (unpaired) electrons. The van der Waals surface area contributed by atoms with Crippen LogP contribution in [-0.4, -0.2) is 0 Å². The molecule has 27 aromatic carbocycles. The molecule has 0 spiro atoms. The molecule has 145 heavy (non-hydrogen) atoms. The maximum atomic E-state index is 8.73. The van der Waals surface area contributed by atoms with Gasteiger partial charge in [0, 0.05) is 5.41 Å². The molecular weight excluding hydrogens is 1740 g/mol. The Kier molecular flexibility index (Phi) is 20.7. The lowest BCUT2D eigenvalue weighted by Crippen LogP contribution is -2.14. The molecule has 0 saturated carbocycles. The van der Waals surface area contributed by atoms with Crippen molar-refractivity contribution in [3.05, 3.63) is 569 Å². The molecule has 0 N–H and O–H groups in total. The maximum Gasteiger partial charge on any atom is 0.0629 e. The molecule has 27 aromatic rings. The largest absolute Gasteiger partial charge is 0.0629 e. The SMILES string of the molecule is CC1(C)c2ccccc2-c2ccc(-c3c4ccccc4c(-c4ccc(-c5ccccc5)cc4)c4ccc(-c5ccccc5)cc34)cc21.[2H]c1c([2H])c([2H])c(-c2ccc3c(-c4ccc(-c5ccccc5)cc4)c4ccccc4c(-c4cccc5ccccc45)c3c2)c([2H])c1[2H].c1ccc(-c2ccc(-c3c4ccccc4c(-c4cccc5ccccc45)c4cc(-c5c6ccccc6c(-c6ccccc6)c6ccccc56)ccc34)cc2)cc1. The Morgan fingerprint density at radius 2 is 0.352 bits per heavy atom. The first-order valence-corrected chi connectivity index (χ1v) is 50.1. The average Bonchev–Trinajstić information content (AvgIpc) is 0.919. The Bertz CT molecular complexity index is 9940. The second kappa shape index (κ2) is 37.0. The molecule has 0 aliphatic heterocycles. The molecule has 0 bridgehead atoms. The van der Waals surface area contributed by atoms with E-state index in [1.165, 1.54) is 198 Å². The van der Waals surface area contributed by atoms with Crippen LogP contribution in [0.25, 0.3) is 264 Å². The third-order valence-electron chi connectivity index (χ3n) is 30.1. The summed E-state index contributed by atoms with van der Waals surface area (Å²) in [6, 6.07) is 190. The van der Waals surface area contributed by atoms with Gasteiger partial charge < -0.3 is 0 Å². The lowest BCUT2D eigenvalue weighted by molar-refractivity contribution is 0.660. The van der Waals surface area contributed by atoms with Crippen LogP contribution in [-0.2, 0) is 5.41 Å². The fourth-order valence-corrected chi connectivity index (χ4v) is 23.4. The van der Waals surface area contributed by atoms with E-state index in [0.29, 0.717) is 5.56 Å². The van der Waals surface area contributed by atoms with Crippen LogP contribution in [0.4, 0.5) is 0 Å². The van der Waals surface area contributed by atoms with Crippen LogP contribution in [0, 0.1) is 0 Å². The summed E-state index contributed by atoms with van der Waals surface area (Å²) in [7, 11) is 0. The summed E-state index contributed by atoms with van der Waals surface area (Å²) < 4.78 is 42.3. The topological polar surface area (TPSA) is 0 Å². The Hall–Kier alpha value is -18.5.